The molecule has 35 heavy (non-hydrogen) atoms. The molecule has 2 atom stereocenters. The summed E-state index contributed by atoms with van der Waals surface area (Å²) in [5.74, 6) is -1.79. The van der Waals surface area contributed by atoms with Crippen LogP contribution in [0.25, 0.3) is 27.5 Å². The number of aromatic nitrogens is 3. The first-order valence-electron chi connectivity index (χ1n) is 11.9. The highest BCUT2D eigenvalue weighted by molar-refractivity contribution is 5.99. The number of hydrogen-bond acceptors (Lipinski definition) is 4. The normalized spacial score (nSPS) is 21.7. The smallest absolute Gasteiger partial charge is 0.332 e. The Kier molecular flexibility index (Phi) is 5.53. The number of carboxylic acid groups (broad SMARTS) is 1. The SMILES string of the molecule is O=C(O)C1CC[C@@H](c2c(C3CCOCC3)n(-c3ccc(F)cc3)c3cc4cn[nH]c4c(F)c23)CO1. The molecule has 2 aromatic carbocycles. The molecule has 2 N–H and O–H groups in total. The summed E-state index contributed by atoms with van der Waals surface area (Å²) in [6, 6.07) is 8.13. The number of hydrogen-bond donors (Lipinski definition) is 2. The zero-order valence-corrected chi connectivity index (χ0v) is 19.0. The van der Waals surface area contributed by atoms with Crippen LogP contribution in [0.15, 0.2) is 36.5 Å². The van der Waals surface area contributed by atoms with Gasteiger partial charge in [0.15, 0.2) is 11.9 Å². The van der Waals surface area contributed by atoms with Crippen LogP contribution < -0.4 is 0 Å². The van der Waals surface area contributed by atoms with E-state index in [1.807, 2.05) is 10.6 Å². The predicted octanol–water partition coefficient (Wildman–Crippen LogP) is 5.03. The third-order valence-electron chi connectivity index (χ3n) is 7.34. The molecule has 7 nitrogen and oxygen atoms in total. The monoisotopic (exact) mass is 481 g/mol. The molecule has 0 aliphatic carbocycles. The van der Waals surface area contributed by atoms with Crippen molar-refractivity contribution < 1.29 is 28.2 Å². The number of halogens is 2. The molecule has 2 fully saturated rings. The number of carboxylic acids is 1. The Hall–Kier alpha value is -3.30. The van der Waals surface area contributed by atoms with E-state index in [1.165, 1.54) is 12.1 Å². The van der Waals surface area contributed by atoms with E-state index in [9.17, 15) is 14.3 Å². The summed E-state index contributed by atoms with van der Waals surface area (Å²) in [7, 11) is 0. The summed E-state index contributed by atoms with van der Waals surface area (Å²) in [5, 5.41) is 17.3. The van der Waals surface area contributed by atoms with Crippen LogP contribution in [-0.4, -0.2) is 51.8 Å². The van der Waals surface area contributed by atoms with E-state index in [0.717, 1.165) is 29.8 Å². The van der Waals surface area contributed by atoms with Crippen LogP contribution in [0.2, 0.25) is 0 Å². The lowest BCUT2D eigenvalue weighted by Crippen LogP contribution is -2.32. The van der Waals surface area contributed by atoms with E-state index in [2.05, 4.69) is 10.2 Å². The molecule has 1 unspecified atom stereocenters. The topological polar surface area (TPSA) is 89.4 Å². The first-order valence-corrected chi connectivity index (χ1v) is 11.9. The fraction of sp³-hybridized carbons (Fsp3) is 0.385. The average molecular weight is 481 g/mol. The first kappa shape index (κ1) is 22.2. The van der Waals surface area contributed by atoms with E-state index in [-0.39, 0.29) is 30.1 Å². The summed E-state index contributed by atoms with van der Waals surface area (Å²) in [6.45, 7) is 1.39. The van der Waals surface area contributed by atoms with Crippen molar-refractivity contribution in [1.29, 1.82) is 0 Å². The van der Waals surface area contributed by atoms with Gasteiger partial charge in [-0.15, -0.1) is 0 Å². The summed E-state index contributed by atoms with van der Waals surface area (Å²) in [6.07, 6.45) is 3.20. The van der Waals surface area contributed by atoms with Crippen LogP contribution in [0.5, 0.6) is 0 Å². The molecule has 4 heterocycles. The summed E-state index contributed by atoms with van der Waals surface area (Å²) in [4.78, 5) is 11.5. The van der Waals surface area contributed by atoms with Crippen molar-refractivity contribution in [3.63, 3.8) is 0 Å². The third-order valence-corrected chi connectivity index (χ3v) is 7.34. The zero-order valence-electron chi connectivity index (χ0n) is 19.0. The highest BCUT2D eigenvalue weighted by Crippen LogP contribution is 2.46. The molecule has 182 valence electrons. The minimum absolute atomic E-state index is 0.101. The highest BCUT2D eigenvalue weighted by atomic mass is 19.1. The molecule has 6 rings (SSSR count). The fourth-order valence-corrected chi connectivity index (χ4v) is 5.68. The second-order valence-electron chi connectivity index (χ2n) is 9.35. The molecular weight excluding hydrogens is 456 g/mol. The Bertz CT molecular complexity index is 1400. The number of nitrogens with one attached hydrogen (secondary N) is 1. The Morgan fingerprint density at radius 3 is 2.54 bits per heavy atom. The highest BCUT2D eigenvalue weighted by Gasteiger charge is 2.36. The van der Waals surface area contributed by atoms with Gasteiger partial charge in [-0.3, -0.25) is 5.10 Å². The molecule has 0 spiro atoms. The van der Waals surface area contributed by atoms with Gasteiger partial charge in [0, 0.05) is 47.2 Å². The number of aliphatic carboxylic acids is 1. The Labute approximate surface area is 199 Å². The number of rotatable bonds is 4. The van der Waals surface area contributed by atoms with Crippen LogP contribution in [0.3, 0.4) is 0 Å². The van der Waals surface area contributed by atoms with Crippen molar-refractivity contribution in [2.75, 3.05) is 19.8 Å². The molecule has 0 amide bonds. The zero-order chi connectivity index (χ0) is 24.1. The van der Waals surface area contributed by atoms with E-state index < -0.39 is 12.1 Å². The number of nitrogens with zero attached hydrogens (tertiary/aromatic N) is 2. The van der Waals surface area contributed by atoms with Gasteiger partial charge in [0.1, 0.15) is 11.3 Å². The van der Waals surface area contributed by atoms with E-state index in [0.29, 0.717) is 47.9 Å². The lowest BCUT2D eigenvalue weighted by molar-refractivity contribution is -0.153. The van der Waals surface area contributed by atoms with Crippen molar-refractivity contribution in [3.8, 4) is 5.69 Å². The van der Waals surface area contributed by atoms with Gasteiger partial charge in [-0.25, -0.2) is 13.6 Å². The number of ether oxygens (including phenoxy) is 2. The van der Waals surface area contributed by atoms with Gasteiger partial charge in [-0.05, 0) is 61.6 Å². The van der Waals surface area contributed by atoms with Crippen molar-refractivity contribution in [1.82, 2.24) is 14.8 Å². The lowest BCUT2D eigenvalue weighted by atomic mass is 9.84. The van der Waals surface area contributed by atoms with Gasteiger partial charge in [-0.2, -0.15) is 5.10 Å². The van der Waals surface area contributed by atoms with Gasteiger partial charge in [0.05, 0.1) is 18.3 Å². The van der Waals surface area contributed by atoms with E-state index in [1.54, 1.807) is 18.3 Å². The van der Waals surface area contributed by atoms with Gasteiger partial charge in [0.25, 0.3) is 0 Å². The van der Waals surface area contributed by atoms with Crippen LogP contribution in [0, 0.1) is 11.6 Å². The molecule has 4 aromatic rings. The molecule has 0 radical (unpaired) electrons. The van der Waals surface area contributed by atoms with Crippen LogP contribution >= 0.6 is 0 Å². The number of benzene rings is 2. The van der Waals surface area contributed by atoms with Gasteiger partial charge in [0.2, 0.25) is 0 Å². The fourth-order valence-electron chi connectivity index (χ4n) is 5.68. The minimum atomic E-state index is -0.979. The third kappa shape index (κ3) is 3.70. The van der Waals surface area contributed by atoms with Gasteiger partial charge in [-0.1, -0.05) is 0 Å². The standard InChI is InChI=1S/C26H25F2N3O4/c27-17-2-4-18(5-3-17)31-19-11-16-12-29-30-24(16)23(28)22(19)21(25(31)14-7-9-34-10-8-14)15-1-6-20(26(32)33)35-13-15/h2-5,11-12,14-15,20H,1,6-10,13H2,(H,29,30)(H,32,33)/t15-,20?/m1/s1. The quantitative estimate of drug-likeness (QED) is 0.427. The van der Waals surface area contributed by atoms with Crippen LogP contribution in [0.1, 0.15) is 48.8 Å². The predicted molar refractivity (Wildman–Crippen MR) is 125 cm³/mol. The Balaban J connectivity index is 1.64. The minimum Gasteiger partial charge on any atom is -0.479 e. The molecule has 2 saturated heterocycles. The molecule has 0 saturated carbocycles. The maximum Gasteiger partial charge on any atom is 0.332 e. The number of aromatic amines is 1. The summed E-state index contributed by atoms with van der Waals surface area (Å²) >= 11 is 0. The lowest BCUT2D eigenvalue weighted by Gasteiger charge is -2.31. The molecule has 2 aliphatic rings. The maximum atomic E-state index is 16.2. The van der Waals surface area contributed by atoms with Crippen LogP contribution in [0.4, 0.5) is 8.78 Å². The second kappa shape index (κ2) is 8.73. The van der Waals surface area contributed by atoms with E-state index >= 15 is 4.39 Å². The molecule has 0 bridgehead atoms. The molecule has 2 aliphatic heterocycles. The molecular formula is C26H25F2N3O4. The van der Waals surface area contributed by atoms with E-state index in [4.69, 9.17) is 9.47 Å². The average Bonchev–Trinajstić information content (AvgIpc) is 3.49. The first-order chi connectivity index (χ1) is 17.0. The van der Waals surface area contributed by atoms with Crippen molar-refractivity contribution in [2.24, 2.45) is 0 Å². The summed E-state index contributed by atoms with van der Waals surface area (Å²) < 4.78 is 43.4. The van der Waals surface area contributed by atoms with Crippen molar-refractivity contribution >= 4 is 27.8 Å². The van der Waals surface area contributed by atoms with Crippen molar-refractivity contribution in [2.45, 2.75) is 43.6 Å². The van der Waals surface area contributed by atoms with Gasteiger partial charge < -0.3 is 19.1 Å². The molecule has 9 heteroatoms. The maximum absolute atomic E-state index is 16.2. The summed E-state index contributed by atoms with van der Waals surface area (Å²) in [5.41, 5.74) is 3.56. The number of H-pyrrole nitrogens is 1. The van der Waals surface area contributed by atoms with Crippen molar-refractivity contribution in [3.05, 3.63) is 59.4 Å². The second-order valence-corrected chi connectivity index (χ2v) is 9.35. The Morgan fingerprint density at radius 2 is 1.86 bits per heavy atom. The van der Waals surface area contributed by atoms with Gasteiger partial charge >= 0.3 is 5.97 Å². The number of carbonyl (C=O) groups is 1. The Morgan fingerprint density at radius 1 is 1.09 bits per heavy atom. The largest absolute Gasteiger partial charge is 0.479 e. The number of fused-ring (bicyclic) bond motifs is 2. The van der Waals surface area contributed by atoms with Crippen LogP contribution in [-0.2, 0) is 14.3 Å². The molecule has 2 aromatic heterocycles.